The molecule has 0 unspecified atom stereocenters. The molecule has 7 nitrogen and oxygen atoms in total. The lowest BCUT2D eigenvalue weighted by Crippen LogP contribution is -2.44. The van der Waals surface area contributed by atoms with E-state index >= 15 is 0 Å². The fraction of sp³-hybridized carbons (Fsp3) is 0.833. The Morgan fingerprint density at radius 3 is 1.85 bits per heavy atom. The number of carbonyl (C=O) groups is 1. The van der Waals surface area contributed by atoms with E-state index in [4.69, 9.17) is 25.5 Å². The number of carbonyl (C=O) groups excluding carboxylic acids is 1. The average molecular weight is 195 g/mol. The molecule has 0 rings (SSSR count). The number of hydrogen-bond acceptors (Lipinski definition) is 6. The van der Waals surface area contributed by atoms with E-state index in [0.29, 0.717) is 0 Å². The van der Waals surface area contributed by atoms with Gasteiger partial charge in [-0.3, -0.25) is 4.79 Å². The molecule has 7 N–H and O–H groups in total. The van der Waals surface area contributed by atoms with Gasteiger partial charge in [-0.15, -0.1) is 0 Å². The van der Waals surface area contributed by atoms with Crippen LogP contribution in [0.1, 0.15) is 19.3 Å². The van der Waals surface area contributed by atoms with Crippen LogP contribution in [0.2, 0.25) is 0 Å². The normalized spacial score (nSPS) is 13.0. The lowest BCUT2D eigenvalue weighted by atomic mass is 10.1. The van der Waals surface area contributed by atoms with E-state index in [2.05, 4.69) is 5.73 Å². The summed E-state index contributed by atoms with van der Waals surface area (Å²) >= 11 is 0. The van der Waals surface area contributed by atoms with Crippen LogP contribution in [0.5, 0.6) is 0 Å². The highest BCUT2D eigenvalue weighted by Crippen LogP contribution is 2.14. The smallest absolute Gasteiger partial charge is 0.277 e. The third-order valence-corrected chi connectivity index (χ3v) is 1.43. The summed E-state index contributed by atoms with van der Waals surface area (Å²) in [4.78, 5) is 10.3. The molecule has 0 saturated carbocycles. The van der Waals surface area contributed by atoms with Crippen LogP contribution < -0.4 is 5.73 Å². The second-order valence-corrected chi connectivity index (χ2v) is 2.81. The quantitative estimate of drug-likeness (QED) is 0.257. The SMILES string of the molecule is NC(=O)C(O)(O)CCCC(O)(O)O. The van der Waals surface area contributed by atoms with Crippen molar-refractivity contribution >= 4 is 5.91 Å². The first kappa shape index (κ1) is 12.3. The number of nitrogens with two attached hydrogens (primary N) is 1. The number of amides is 1. The highest BCUT2D eigenvalue weighted by molar-refractivity contribution is 5.81. The Labute approximate surface area is 74.0 Å². The third-order valence-electron chi connectivity index (χ3n) is 1.43. The molecule has 0 heterocycles. The molecule has 0 saturated heterocycles. The van der Waals surface area contributed by atoms with Crippen LogP contribution >= 0.6 is 0 Å². The van der Waals surface area contributed by atoms with Crippen molar-refractivity contribution < 1.29 is 30.3 Å². The van der Waals surface area contributed by atoms with Gasteiger partial charge in [0.05, 0.1) is 0 Å². The Morgan fingerprint density at radius 1 is 1.08 bits per heavy atom. The summed E-state index contributed by atoms with van der Waals surface area (Å²) in [5.41, 5.74) is 4.59. The molecule has 1 amide bonds. The van der Waals surface area contributed by atoms with Gasteiger partial charge in [-0.2, -0.15) is 0 Å². The van der Waals surface area contributed by atoms with Gasteiger partial charge in [-0.05, 0) is 6.42 Å². The van der Waals surface area contributed by atoms with Crippen molar-refractivity contribution in [2.45, 2.75) is 31.0 Å². The summed E-state index contributed by atoms with van der Waals surface area (Å²) in [6.07, 6.45) is -1.17. The van der Waals surface area contributed by atoms with Crippen molar-refractivity contribution in [1.29, 1.82) is 0 Å². The van der Waals surface area contributed by atoms with Gasteiger partial charge in [0.2, 0.25) is 5.79 Å². The van der Waals surface area contributed by atoms with Gasteiger partial charge in [0.25, 0.3) is 11.9 Å². The average Bonchev–Trinajstić information content (AvgIpc) is 1.82. The maximum atomic E-state index is 10.3. The number of rotatable bonds is 5. The predicted octanol–water partition coefficient (Wildman–Crippen LogP) is -3.05. The highest BCUT2D eigenvalue weighted by Gasteiger charge is 2.31. The molecule has 0 aromatic carbocycles. The topological polar surface area (TPSA) is 144 Å². The summed E-state index contributed by atoms with van der Waals surface area (Å²) in [5.74, 6) is -6.87. The minimum absolute atomic E-state index is 0.181. The van der Waals surface area contributed by atoms with E-state index in [9.17, 15) is 4.79 Å². The molecule has 0 aromatic heterocycles. The summed E-state index contributed by atoms with van der Waals surface area (Å²) in [5, 5.41) is 42.8. The molecule has 0 fully saturated rings. The van der Waals surface area contributed by atoms with E-state index in [0.717, 1.165) is 0 Å². The molecule has 0 aliphatic carbocycles. The maximum absolute atomic E-state index is 10.3. The molecule has 0 atom stereocenters. The first-order valence-electron chi connectivity index (χ1n) is 3.57. The van der Waals surface area contributed by atoms with E-state index in [1.54, 1.807) is 0 Å². The Bertz CT molecular complexity index is 184. The fourth-order valence-corrected chi connectivity index (χ4v) is 0.695. The molecule has 0 aliphatic rings. The molecule has 78 valence electrons. The van der Waals surface area contributed by atoms with Crippen LogP contribution in [0.25, 0.3) is 0 Å². The molecule has 0 spiro atoms. The van der Waals surface area contributed by atoms with Crippen LogP contribution in [0.4, 0.5) is 0 Å². The van der Waals surface area contributed by atoms with Crippen molar-refractivity contribution in [3.05, 3.63) is 0 Å². The van der Waals surface area contributed by atoms with Crippen molar-refractivity contribution in [3.8, 4) is 0 Å². The molecular formula is C6H13NO6. The third kappa shape index (κ3) is 5.50. The number of hydrogen-bond donors (Lipinski definition) is 6. The highest BCUT2D eigenvalue weighted by atomic mass is 16.7. The first-order chi connectivity index (χ1) is 5.65. The fourth-order valence-electron chi connectivity index (χ4n) is 0.695. The molecule has 0 aliphatic heterocycles. The van der Waals surface area contributed by atoms with Crippen LogP contribution in [0, 0.1) is 0 Å². The molecular weight excluding hydrogens is 182 g/mol. The Balaban J connectivity index is 3.84. The summed E-state index contributed by atoms with van der Waals surface area (Å²) in [6, 6.07) is 0. The van der Waals surface area contributed by atoms with Crippen LogP contribution in [-0.2, 0) is 4.79 Å². The minimum Gasteiger partial charge on any atom is -0.365 e. The molecule has 0 bridgehead atoms. The van der Waals surface area contributed by atoms with Gasteiger partial charge in [-0.1, -0.05) is 0 Å². The molecule has 7 heteroatoms. The second-order valence-electron chi connectivity index (χ2n) is 2.81. The predicted molar refractivity (Wildman–Crippen MR) is 39.6 cm³/mol. The zero-order valence-electron chi connectivity index (χ0n) is 6.84. The monoisotopic (exact) mass is 195 g/mol. The van der Waals surface area contributed by atoms with Crippen LogP contribution in [0.3, 0.4) is 0 Å². The lowest BCUT2D eigenvalue weighted by molar-refractivity contribution is -0.316. The second kappa shape index (κ2) is 3.99. The minimum atomic E-state index is -2.87. The number of aliphatic hydroxyl groups is 5. The van der Waals surface area contributed by atoms with E-state index in [-0.39, 0.29) is 6.42 Å². The Hall–Kier alpha value is -0.730. The van der Waals surface area contributed by atoms with Gasteiger partial charge in [-0.25, -0.2) is 0 Å². The van der Waals surface area contributed by atoms with Gasteiger partial charge < -0.3 is 31.3 Å². The van der Waals surface area contributed by atoms with E-state index in [1.165, 1.54) is 0 Å². The van der Waals surface area contributed by atoms with Gasteiger partial charge in [0.15, 0.2) is 0 Å². The van der Waals surface area contributed by atoms with E-state index < -0.39 is 30.5 Å². The van der Waals surface area contributed by atoms with Crippen LogP contribution in [-0.4, -0.2) is 43.2 Å². The van der Waals surface area contributed by atoms with E-state index in [1.807, 2.05) is 0 Å². The van der Waals surface area contributed by atoms with Gasteiger partial charge in [0.1, 0.15) is 0 Å². The molecule has 0 aromatic rings. The van der Waals surface area contributed by atoms with Gasteiger partial charge >= 0.3 is 0 Å². The summed E-state index contributed by atoms with van der Waals surface area (Å²) < 4.78 is 0. The summed E-state index contributed by atoms with van der Waals surface area (Å²) in [7, 11) is 0. The standard InChI is InChI=1S/C6H13NO6/c7-4(8)5(9,10)2-1-3-6(11,12)13/h9-13H,1-3H2,(H2,7,8). The zero-order valence-corrected chi connectivity index (χ0v) is 6.84. The van der Waals surface area contributed by atoms with Gasteiger partial charge in [0, 0.05) is 12.8 Å². The van der Waals surface area contributed by atoms with Crippen molar-refractivity contribution in [1.82, 2.24) is 0 Å². The lowest BCUT2D eigenvalue weighted by Gasteiger charge is -2.19. The van der Waals surface area contributed by atoms with Crippen molar-refractivity contribution in [2.75, 3.05) is 0 Å². The first-order valence-corrected chi connectivity index (χ1v) is 3.57. The molecule has 0 radical (unpaired) electrons. The Kier molecular flexibility index (Phi) is 3.76. The summed E-state index contributed by atoms with van der Waals surface area (Å²) in [6.45, 7) is 0. The van der Waals surface area contributed by atoms with Crippen molar-refractivity contribution in [3.63, 3.8) is 0 Å². The zero-order chi connectivity index (χ0) is 10.7. The van der Waals surface area contributed by atoms with Crippen LogP contribution in [0.15, 0.2) is 0 Å². The maximum Gasteiger partial charge on any atom is 0.277 e. The van der Waals surface area contributed by atoms with Crippen molar-refractivity contribution in [2.24, 2.45) is 5.73 Å². The molecule has 13 heavy (non-hydrogen) atoms. The number of primary amides is 1. The Morgan fingerprint density at radius 2 is 1.54 bits per heavy atom. The largest absolute Gasteiger partial charge is 0.365 e.